The zero-order chi connectivity index (χ0) is 21.6. The van der Waals surface area contributed by atoms with Crippen molar-refractivity contribution in [3.8, 4) is 0 Å². The molecule has 0 radical (unpaired) electrons. The SMILES string of the molecule is O=C(CCC(=O)N1CCC(c2ccccc2)=N1)N1CCN(Cc2cccc(Cl)c2)CC1. The molecule has 2 heterocycles. The van der Waals surface area contributed by atoms with Crippen LogP contribution in [-0.2, 0) is 16.1 Å². The average molecular weight is 439 g/mol. The smallest absolute Gasteiger partial charge is 0.243 e. The van der Waals surface area contributed by atoms with Gasteiger partial charge in [-0.2, -0.15) is 5.10 Å². The van der Waals surface area contributed by atoms with Crippen LogP contribution in [0.15, 0.2) is 59.7 Å². The topological polar surface area (TPSA) is 56.2 Å². The van der Waals surface area contributed by atoms with Gasteiger partial charge in [-0.15, -0.1) is 0 Å². The Hall–Kier alpha value is -2.70. The average Bonchev–Trinajstić information content (AvgIpc) is 3.29. The molecule has 0 aromatic heterocycles. The summed E-state index contributed by atoms with van der Waals surface area (Å²) < 4.78 is 0. The first-order valence-corrected chi connectivity index (χ1v) is 11.1. The molecule has 2 aromatic carbocycles. The Kier molecular flexibility index (Phi) is 6.99. The number of carbonyl (C=O) groups is 2. The van der Waals surface area contributed by atoms with Gasteiger partial charge in [-0.05, 0) is 23.3 Å². The van der Waals surface area contributed by atoms with Gasteiger partial charge in [0.15, 0.2) is 0 Å². The van der Waals surface area contributed by atoms with Crippen LogP contribution in [0.3, 0.4) is 0 Å². The van der Waals surface area contributed by atoms with Crippen molar-refractivity contribution in [3.63, 3.8) is 0 Å². The fraction of sp³-hybridized carbons (Fsp3) is 0.375. The quantitative estimate of drug-likeness (QED) is 0.694. The fourth-order valence-corrected chi connectivity index (χ4v) is 4.23. The molecule has 4 rings (SSSR count). The third-order valence-electron chi connectivity index (χ3n) is 5.77. The Bertz CT molecular complexity index is 955. The lowest BCUT2D eigenvalue weighted by atomic mass is 10.1. The van der Waals surface area contributed by atoms with Gasteiger partial charge in [0.05, 0.1) is 12.3 Å². The summed E-state index contributed by atoms with van der Waals surface area (Å²) in [6, 6.07) is 17.8. The molecule has 2 aliphatic heterocycles. The van der Waals surface area contributed by atoms with Crippen LogP contribution in [-0.4, -0.2) is 65.1 Å². The van der Waals surface area contributed by atoms with Crippen LogP contribution in [0.5, 0.6) is 0 Å². The number of piperazine rings is 1. The number of benzene rings is 2. The van der Waals surface area contributed by atoms with Crippen molar-refractivity contribution >= 4 is 29.1 Å². The highest BCUT2D eigenvalue weighted by Crippen LogP contribution is 2.17. The summed E-state index contributed by atoms with van der Waals surface area (Å²) in [5.74, 6) is -0.0407. The normalized spacial score (nSPS) is 17.0. The van der Waals surface area contributed by atoms with Gasteiger partial charge in [0.2, 0.25) is 11.8 Å². The monoisotopic (exact) mass is 438 g/mol. The second-order valence-corrected chi connectivity index (χ2v) is 8.40. The summed E-state index contributed by atoms with van der Waals surface area (Å²) in [5, 5.41) is 6.72. The number of carbonyl (C=O) groups excluding carboxylic acids is 2. The molecule has 0 atom stereocenters. The van der Waals surface area contributed by atoms with E-state index in [0.29, 0.717) is 19.6 Å². The maximum Gasteiger partial charge on any atom is 0.243 e. The molecule has 1 saturated heterocycles. The van der Waals surface area contributed by atoms with E-state index in [-0.39, 0.29) is 24.7 Å². The summed E-state index contributed by atoms with van der Waals surface area (Å²) >= 11 is 6.06. The Morgan fingerprint density at radius 2 is 1.61 bits per heavy atom. The molecule has 31 heavy (non-hydrogen) atoms. The van der Waals surface area contributed by atoms with Gasteiger partial charge < -0.3 is 4.90 Å². The largest absolute Gasteiger partial charge is 0.340 e. The minimum absolute atomic E-state index is 0.0437. The molecule has 0 bridgehead atoms. The van der Waals surface area contributed by atoms with Crippen LogP contribution in [0.4, 0.5) is 0 Å². The number of hydrogen-bond donors (Lipinski definition) is 0. The third kappa shape index (κ3) is 5.71. The van der Waals surface area contributed by atoms with Gasteiger partial charge in [-0.25, -0.2) is 5.01 Å². The van der Waals surface area contributed by atoms with Gasteiger partial charge in [-0.3, -0.25) is 14.5 Å². The zero-order valence-corrected chi connectivity index (χ0v) is 18.3. The molecule has 0 aliphatic carbocycles. The molecular formula is C24H27ClN4O2. The second-order valence-electron chi connectivity index (χ2n) is 7.97. The number of rotatable bonds is 6. The van der Waals surface area contributed by atoms with Crippen molar-refractivity contribution in [2.24, 2.45) is 5.10 Å². The van der Waals surface area contributed by atoms with Crippen molar-refractivity contribution in [2.45, 2.75) is 25.8 Å². The number of hydrogen-bond acceptors (Lipinski definition) is 4. The lowest BCUT2D eigenvalue weighted by Crippen LogP contribution is -2.48. The van der Waals surface area contributed by atoms with Crippen molar-refractivity contribution in [2.75, 3.05) is 32.7 Å². The summed E-state index contributed by atoms with van der Waals surface area (Å²) in [7, 11) is 0. The summed E-state index contributed by atoms with van der Waals surface area (Å²) in [5.41, 5.74) is 3.15. The molecule has 6 nitrogen and oxygen atoms in total. The summed E-state index contributed by atoms with van der Waals surface area (Å²) in [6.45, 7) is 4.44. The van der Waals surface area contributed by atoms with E-state index in [2.05, 4.69) is 16.1 Å². The second kappa shape index (κ2) is 10.1. The van der Waals surface area contributed by atoms with Crippen LogP contribution >= 0.6 is 11.6 Å². The van der Waals surface area contributed by atoms with E-state index in [9.17, 15) is 9.59 Å². The van der Waals surface area contributed by atoms with E-state index in [0.717, 1.165) is 42.4 Å². The number of hydrazone groups is 1. The third-order valence-corrected chi connectivity index (χ3v) is 6.00. The minimum atomic E-state index is -0.0844. The van der Waals surface area contributed by atoms with Crippen LogP contribution in [0.2, 0.25) is 5.02 Å². The van der Waals surface area contributed by atoms with Crippen LogP contribution < -0.4 is 0 Å². The van der Waals surface area contributed by atoms with E-state index < -0.39 is 0 Å². The maximum absolute atomic E-state index is 12.6. The first-order valence-electron chi connectivity index (χ1n) is 10.8. The van der Waals surface area contributed by atoms with E-state index in [1.54, 1.807) is 0 Å². The minimum Gasteiger partial charge on any atom is -0.340 e. The Labute approximate surface area is 188 Å². The first kappa shape index (κ1) is 21.5. The lowest BCUT2D eigenvalue weighted by Gasteiger charge is -2.34. The fourth-order valence-electron chi connectivity index (χ4n) is 4.02. The van der Waals surface area contributed by atoms with E-state index in [1.165, 1.54) is 10.6 Å². The highest BCUT2D eigenvalue weighted by molar-refractivity contribution is 6.30. The molecule has 0 spiro atoms. The van der Waals surface area contributed by atoms with Crippen molar-refractivity contribution < 1.29 is 9.59 Å². The molecule has 2 aliphatic rings. The van der Waals surface area contributed by atoms with E-state index in [4.69, 9.17) is 11.6 Å². The van der Waals surface area contributed by atoms with Crippen LogP contribution in [0.25, 0.3) is 0 Å². The van der Waals surface area contributed by atoms with Crippen LogP contribution in [0.1, 0.15) is 30.4 Å². The molecule has 0 N–H and O–H groups in total. The van der Waals surface area contributed by atoms with Crippen molar-refractivity contribution in [3.05, 3.63) is 70.7 Å². The molecular weight excluding hydrogens is 412 g/mol. The molecule has 0 saturated carbocycles. The summed E-state index contributed by atoms with van der Waals surface area (Å²) in [6.07, 6.45) is 1.19. The molecule has 1 fully saturated rings. The lowest BCUT2D eigenvalue weighted by molar-refractivity contribution is -0.137. The highest BCUT2D eigenvalue weighted by Gasteiger charge is 2.25. The number of halogens is 1. The van der Waals surface area contributed by atoms with Crippen LogP contribution in [0, 0.1) is 0 Å². The van der Waals surface area contributed by atoms with Crippen molar-refractivity contribution in [1.82, 2.24) is 14.8 Å². The molecule has 2 amide bonds. The Morgan fingerprint density at radius 1 is 0.871 bits per heavy atom. The van der Waals surface area contributed by atoms with E-state index >= 15 is 0 Å². The Morgan fingerprint density at radius 3 is 2.35 bits per heavy atom. The molecule has 162 valence electrons. The number of nitrogens with zero attached hydrogens (tertiary/aromatic N) is 4. The summed E-state index contributed by atoms with van der Waals surface area (Å²) in [4.78, 5) is 29.3. The number of amides is 2. The maximum atomic E-state index is 12.6. The highest BCUT2D eigenvalue weighted by atomic mass is 35.5. The standard InChI is InChI=1S/C24H27ClN4O2/c25-21-8-4-5-19(17-21)18-27-13-15-28(16-14-27)23(30)9-10-24(31)29-12-11-22(26-29)20-6-2-1-3-7-20/h1-8,17H,9-16,18H2. The van der Waals surface area contributed by atoms with E-state index in [1.807, 2.05) is 53.4 Å². The Balaban J connectivity index is 1.21. The molecule has 2 aromatic rings. The van der Waals surface area contributed by atoms with Gasteiger partial charge in [0.25, 0.3) is 0 Å². The molecule has 0 unspecified atom stereocenters. The van der Waals surface area contributed by atoms with Gasteiger partial charge >= 0.3 is 0 Å². The van der Waals surface area contributed by atoms with Gasteiger partial charge in [-0.1, -0.05) is 54.1 Å². The van der Waals surface area contributed by atoms with Gasteiger partial charge in [0, 0.05) is 57.0 Å². The zero-order valence-electron chi connectivity index (χ0n) is 17.5. The predicted octanol–water partition coefficient (Wildman–Crippen LogP) is 3.40. The van der Waals surface area contributed by atoms with Crippen molar-refractivity contribution in [1.29, 1.82) is 0 Å². The van der Waals surface area contributed by atoms with Gasteiger partial charge in [0.1, 0.15) is 0 Å². The molecule has 7 heteroatoms. The first-order chi connectivity index (χ1) is 15.1. The predicted molar refractivity (Wildman–Crippen MR) is 122 cm³/mol.